The first-order valence-corrected chi connectivity index (χ1v) is 12.2. The monoisotopic (exact) mass is 482 g/mol. The number of nitrogens with two attached hydrogens (primary N) is 1. The van der Waals surface area contributed by atoms with Crippen molar-refractivity contribution < 1.29 is 0 Å². The zero-order chi connectivity index (χ0) is 26.7. The van der Waals surface area contributed by atoms with Gasteiger partial charge in [-0.25, -0.2) is 0 Å². The van der Waals surface area contributed by atoms with Crippen molar-refractivity contribution in [1.29, 1.82) is 5.41 Å². The van der Waals surface area contributed by atoms with E-state index in [1.54, 1.807) is 0 Å². The largest absolute Gasteiger partial charge is 0.388 e. The van der Waals surface area contributed by atoms with Crippen molar-refractivity contribution in [3.8, 4) is 22.5 Å². The Morgan fingerprint density at radius 3 is 1.22 bits per heavy atom. The van der Waals surface area contributed by atoms with Gasteiger partial charge in [0, 0.05) is 23.5 Å². The van der Waals surface area contributed by atoms with Gasteiger partial charge in [-0.3, -0.25) is 25.3 Å². The summed E-state index contributed by atoms with van der Waals surface area (Å²) in [5, 5.41) is 6.28. The number of nitrogens with zero attached hydrogens (tertiary/aromatic N) is 4. The first kappa shape index (κ1) is 28.3. The lowest BCUT2D eigenvalue weighted by Crippen LogP contribution is -2.00. The molecule has 0 unspecified atom stereocenters. The zero-order valence-electron chi connectivity index (χ0n) is 22.4. The summed E-state index contributed by atoms with van der Waals surface area (Å²) in [6, 6.07) is 20.3. The first-order chi connectivity index (χ1) is 17.1. The van der Waals surface area contributed by atoms with E-state index in [-0.39, 0.29) is 5.84 Å². The average molecular weight is 483 g/mol. The molecule has 2 aromatic heterocycles. The Labute approximate surface area is 215 Å². The topological polar surface area (TPSA) is 101 Å². The van der Waals surface area contributed by atoms with Crippen LogP contribution in [0.25, 0.3) is 22.5 Å². The molecule has 3 N–H and O–H groups in total. The number of aryl methyl sites for hydroxylation is 2. The molecule has 0 radical (unpaired) electrons. The molecule has 0 amide bonds. The molecule has 0 aliphatic rings. The van der Waals surface area contributed by atoms with Crippen molar-refractivity contribution in [3.05, 3.63) is 95.8 Å². The number of rotatable bonds is 4. The Morgan fingerprint density at radius 2 is 0.972 bits per heavy atom. The van der Waals surface area contributed by atoms with Crippen LogP contribution in [0.1, 0.15) is 69.2 Å². The fraction of sp³-hybridized carbons (Fsp3) is 0.300. The van der Waals surface area contributed by atoms with Gasteiger partial charge < -0.3 is 5.73 Å². The van der Waals surface area contributed by atoms with Gasteiger partial charge in [-0.2, -0.15) is 0 Å². The summed E-state index contributed by atoms with van der Waals surface area (Å²) in [7, 11) is 0. The molecule has 0 fully saturated rings. The highest BCUT2D eigenvalue weighted by atomic mass is 14.8. The third-order valence-corrected chi connectivity index (χ3v) is 5.21. The Kier molecular flexibility index (Phi) is 10.9. The lowest BCUT2D eigenvalue weighted by Gasteiger charge is -2.08. The van der Waals surface area contributed by atoms with Gasteiger partial charge in [0.15, 0.2) is 0 Å². The summed E-state index contributed by atoms with van der Waals surface area (Å²) in [5.41, 5.74) is 13.0. The fourth-order valence-corrected chi connectivity index (χ4v) is 3.31. The smallest absolute Gasteiger partial charge is 0.0914 e. The maximum Gasteiger partial charge on any atom is 0.0914 e. The van der Waals surface area contributed by atoms with E-state index in [0.29, 0.717) is 11.8 Å². The van der Waals surface area contributed by atoms with Crippen molar-refractivity contribution in [3.63, 3.8) is 0 Å². The molecule has 0 spiro atoms. The van der Waals surface area contributed by atoms with E-state index in [0.717, 1.165) is 45.3 Å². The minimum absolute atomic E-state index is 0.167. The molecule has 2 aromatic carbocycles. The third kappa shape index (κ3) is 8.69. The lowest BCUT2D eigenvalue weighted by molar-refractivity contribution is 0.804. The van der Waals surface area contributed by atoms with Crippen LogP contribution in [0, 0.1) is 19.3 Å². The van der Waals surface area contributed by atoms with E-state index < -0.39 is 0 Å². The second-order valence-corrected chi connectivity index (χ2v) is 9.18. The van der Waals surface area contributed by atoms with Crippen molar-refractivity contribution in [1.82, 2.24) is 19.9 Å². The number of amidine groups is 1. The molecule has 4 rings (SSSR count). The lowest BCUT2D eigenvalue weighted by atomic mass is 10.1. The Bertz CT molecular complexity index is 1140. The molecule has 0 saturated carbocycles. The quantitative estimate of drug-likeness (QED) is 0.239. The summed E-state index contributed by atoms with van der Waals surface area (Å²) in [5.74, 6) is 1.02. The summed E-state index contributed by atoms with van der Waals surface area (Å²) in [6.07, 6.45) is 3.75. The standard InChI is InChI=1S/2C14H16N2.C2H6N2/c2*1-10(2)13-9-15-14(11(3)16-13)12-7-5-4-6-8-12;1-2(3)4/h2*4-10H,1-3H3;1H3,(H3,3,4). The number of hydrogen-bond donors (Lipinski definition) is 2. The average Bonchev–Trinajstić information content (AvgIpc) is 2.85. The number of nitrogens with one attached hydrogen (secondary N) is 1. The normalized spacial score (nSPS) is 10.2. The van der Waals surface area contributed by atoms with Gasteiger partial charge in [-0.05, 0) is 32.6 Å². The van der Waals surface area contributed by atoms with Crippen LogP contribution >= 0.6 is 0 Å². The number of aromatic nitrogens is 4. The zero-order valence-corrected chi connectivity index (χ0v) is 22.4. The van der Waals surface area contributed by atoms with E-state index in [2.05, 4.69) is 71.9 Å². The van der Waals surface area contributed by atoms with Crippen molar-refractivity contribution in [2.45, 2.75) is 60.3 Å². The molecule has 0 saturated heterocycles. The van der Waals surface area contributed by atoms with Gasteiger partial charge in [0.2, 0.25) is 0 Å². The number of benzene rings is 2. The first-order valence-electron chi connectivity index (χ1n) is 12.2. The van der Waals surface area contributed by atoms with Gasteiger partial charge in [-0.15, -0.1) is 0 Å². The van der Waals surface area contributed by atoms with Crippen molar-refractivity contribution in [2.75, 3.05) is 0 Å². The van der Waals surface area contributed by atoms with Gasteiger partial charge >= 0.3 is 0 Å². The van der Waals surface area contributed by atoms with Gasteiger partial charge in [0.1, 0.15) is 0 Å². The Balaban J connectivity index is 0.000000221. The molecule has 6 heteroatoms. The van der Waals surface area contributed by atoms with Crippen molar-refractivity contribution in [2.24, 2.45) is 5.73 Å². The number of hydrogen-bond acceptors (Lipinski definition) is 5. The van der Waals surface area contributed by atoms with Crippen LogP contribution in [-0.4, -0.2) is 25.8 Å². The molecule has 36 heavy (non-hydrogen) atoms. The predicted molar refractivity (Wildman–Crippen MR) is 150 cm³/mol. The second kappa shape index (κ2) is 13.8. The SMILES string of the molecule is CC(=N)N.Cc1nc(C(C)C)cnc1-c1ccccc1.Cc1nc(C(C)C)cnc1-c1ccccc1. The van der Waals surface area contributed by atoms with Gasteiger partial charge in [0.05, 0.1) is 40.0 Å². The minimum atomic E-state index is 0.167. The molecule has 188 valence electrons. The summed E-state index contributed by atoms with van der Waals surface area (Å²) < 4.78 is 0. The maximum absolute atomic E-state index is 6.28. The van der Waals surface area contributed by atoms with Crippen molar-refractivity contribution >= 4 is 5.84 Å². The van der Waals surface area contributed by atoms with E-state index >= 15 is 0 Å². The minimum Gasteiger partial charge on any atom is -0.388 e. The Morgan fingerprint density at radius 1 is 0.667 bits per heavy atom. The van der Waals surface area contributed by atoms with Gasteiger partial charge in [0.25, 0.3) is 0 Å². The van der Waals surface area contributed by atoms with Crippen LogP contribution in [0.3, 0.4) is 0 Å². The molecule has 0 aliphatic heterocycles. The molecular formula is C30H38N6. The van der Waals surface area contributed by atoms with Crippen LogP contribution in [-0.2, 0) is 0 Å². The highest BCUT2D eigenvalue weighted by Crippen LogP contribution is 2.22. The predicted octanol–water partition coefficient (Wildman–Crippen LogP) is 7.09. The van der Waals surface area contributed by atoms with Crippen LogP contribution in [0.4, 0.5) is 0 Å². The molecular weight excluding hydrogens is 444 g/mol. The summed E-state index contributed by atoms with van der Waals surface area (Å²) in [4.78, 5) is 18.2. The van der Waals surface area contributed by atoms with Crippen LogP contribution in [0.15, 0.2) is 73.1 Å². The summed E-state index contributed by atoms with van der Waals surface area (Å²) in [6.45, 7) is 14.1. The van der Waals surface area contributed by atoms with E-state index in [4.69, 9.17) is 11.1 Å². The van der Waals surface area contributed by atoms with E-state index in [9.17, 15) is 0 Å². The van der Waals surface area contributed by atoms with Crippen LogP contribution < -0.4 is 5.73 Å². The highest BCUT2D eigenvalue weighted by molar-refractivity contribution is 5.73. The molecule has 0 atom stereocenters. The molecule has 6 nitrogen and oxygen atoms in total. The second-order valence-electron chi connectivity index (χ2n) is 9.18. The molecule has 4 aromatic rings. The Hall–Kier alpha value is -3.93. The molecule has 0 aliphatic carbocycles. The fourth-order valence-electron chi connectivity index (χ4n) is 3.31. The molecule has 2 heterocycles. The van der Waals surface area contributed by atoms with Gasteiger partial charge in [-0.1, -0.05) is 88.4 Å². The third-order valence-electron chi connectivity index (χ3n) is 5.21. The van der Waals surface area contributed by atoms with E-state index in [1.165, 1.54) is 6.92 Å². The summed E-state index contributed by atoms with van der Waals surface area (Å²) >= 11 is 0. The van der Waals surface area contributed by atoms with E-state index in [1.807, 2.05) is 62.6 Å². The van der Waals surface area contributed by atoms with Crippen LogP contribution in [0.2, 0.25) is 0 Å². The highest BCUT2D eigenvalue weighted by Gasteiger charge is 2.08. The van der Waals surface area contributed by atoms with Crippen LogP contribution in [0.5, 0.6) is 0 Å². The molecule has 0 bridgehead atoms. The maximum atomic E-state index is 6.28.